The zero-order valence-electron chi connectivity index (χ0n) is 12.4. The summed E-state index contributed by atoms with van der Waals surface area (Å²) >= 11 is 6.15. The minimum Gasteiger partial charge on any atom is -0.330 e. The number of anilines is 2. The molecule has 0 atom stereocenters. The summed E-state index contributed by atoms with van der Waals surface area (Å²) in [4.78, 5) is 27.6. The second-order valence-corrected chi connectivity index (χ2v) is 5.24. The second-order valence-electron chi connectivity index (χ2n) is 4.83. The van der Waals surface area contributed by atoms with Crippen molar-refractivity contribution in [2.45, 2.75) is 12.8 Å². The quantitative estimate of drug-likeness (QED) is 0.757. The fourth-order valence-electron chi connectivity index (χ4n) is 1.87. The lowest BCUT2D eigenvalue weighted by Crippen LogP contribution is -2.14. The Balaban J connectivity index is 2.02. The van der Waals surface area contributed by atoms with Crippen molar-refractivity contribution in [3.05, 3.63) is 53.3 Å². The highest BCUT2D eigenvalue weighted by atomic mass is 35.5. The molecule has 120 valence electrons. The van der Waals surface area contributed by atoms with Crippen molar-refractivity contribution in [1.82, 2.24) is 4.98 Å². The smallest absolute Gasteiger partial charge is 0.257 e. The van der Waals surface area contributed by atoms with E-state index in [0.29, 0.717) is 41.3 Å². The number of hydrogen-bond acceptors (Lipinski definition) is 4. The van der Waals surface area contributed by atoms with Crippen LogP contribution in [-0.4, -0.2) is 23.3 Å². The molecule has 0 saturated heterocycles. The molecule has 0 aliphatic carbocycles. The van der Waals surface area contributed by atoms with Crippen molar-refractivity contribution < 1.29 is 9.59 Å². The second kappa shape index (κ2) is 8.26. The molecule has 0 radical (unpaired) electrons. The largest absolute Gasteiger partial charge is 0.330 e. The van der Waals surface area contributed by atoms with E-state index in [9.17, 15) is 9.59 Å². The van der Waals surface area contributed by atoms with Gasteiger partial charge in [-0.05, 0) is 43.3 Å². The van der Waals surface area contributed by atoms with Crippen molar-refractivity contribution in [3.63, 3.8) is 0 Å². The van der Waals surface area contributed by atoms with Crippen LogP contribution in [0.1, 0.15) is 23.2 Å². The van der Waals surface area contributed by atoms with Crippen LogP contribution in [0.4, 0.5) is 11.4 Å². The van der Waals surface area contributed by atoms with Crippen molar-refractivity contribution in [1.29, 1.82) is 0 Å². The molecule has 4 N–H and O–H groups in total. The molecule has 0 bridgehead atoms. The van der Waals surface area contributed by atoms with Crippen LogP contribution in [0.3, 0.4) is 0 Å². The van der Waals surface area contributed by atoms with Gasteiger partial charge in [0.1, 0.15) is 0 Å². The van der Waals surface area contributed by atoms with Crippen LogP contribution in [0.25, 0.3) is 0 Å². The number of nitrogens with two attached hydrogens (primary N) is 1. The maximum atomic E-state index is 12.1. The Hall–Kier alpha value is -2.44. The number of nitrogens with zero attached hydrogens (tertiary/aromatic N) is 1. The average Bonchev–Trinajstić information content (AvgIpc) is 2.56. The Kier molecular flexibility index (Phi) is 6.08. The van der Waals surface area contributed by atoms with E-state index in [1.165, 1.54) is 6.20 Å². The molecule has 23 heavy (non-hydrogen) atoms. The molecule has 2 amide bonds. The summed E-state index contributed by atoms with van der Waals surface area (Å²) in [6.45, 7) is 0.466. The van der Waals surface area contributed by atoms with Crippen molar-refractivity contribution in [3.8, 4) is 0 Å². The van der Waals surface area contributed by atoms with Crippen LogP contribution in [0.15, 0.2) is 42.7 Å². The van der Waals surface area contributed by atoms with E-state index in [2.05, 4.69) is 15.6 Å². The predicted molar refractivity (Wildman–Crippen MR) is 90.6 cm³/mol. The molecule has 0 saturated carbocycles. The first-order chi connectivity index (χ1) is 11.1. The maximum absolute atomic E-state index is 12.1. The highest BCUT2D eigenvalue weighted by molar-refractivity contribution is 6.34. The number of benzene rings is 1. The lowest BCUT2D eigenvalue weighted by Gasteiger charge is -2.10. The van der Waals surface area contributed by atoms with Crippen LogP contribution in [-0.2, 0) is 4.79 Å². The van der Waals surface area contributed by atoms with Gasteiger partial charge in [-0.25, -0.2) is 0 Å². The molecule has 2 rings (SSSR count). The molecule has 0 aliphatic heterocycles. The molecule has 1 heterocycles. The standard InChI is InChI=1S/C16H17ClN4O2/c17-13-9-12(20-15(22)4-1-7-18)5-6-14(13)21-16(23)11-3-2-8-19-10-11/h2-3,5-6,8-10H,1,4,7,18H2,(H,20,22)(H,21,23). The third kappa shape index (κ3) is 5.05. The average molecular weight is 333 g/mol. The summed E-state index contributed by atoms with van der Waals surface area (Å²) in [7, 11) is 0. The lowest BCUT2D eigenvalue weighted by molar-refractivity contribution is -0.116. The number of hydrogen-bond donors (Lipinski definition) is 3. The van der Waals surface area contributed by atoms with Gasteiger partial charge in [-0.15, -0.1) is 0 Å². The van der Waals surface area contributed by atoms with Gasteiger partial charge in [0.2, 0.25) is 5.91 Å². The van der Waals surface area contributed by atoms with Crippen molar-refractivity contribution >= 4 is 34.8 Å². The summed E-state index contributed by atoms with van der Waals surface area (Å²) in [6.07, 6.45) is 4.04. The van der Waals surface area contributed by atoms with E-state index >= 15 is 0 Å². The van der Waals surface area contributed by atoms with Crippen LogP contribution in [0, 0.1) is 0 Å². The monoisotopic (exact) mass is 332 g/mol. The van der Waals surface area contributed by atoms with Crippen molar-refractivity contribution in [2.24, 2.45) is 5.73 Å². The van der Waals surface area contributed by atoms with E-state index in [-0.39, 0.29) is 11.8 Å². The summed E-state index contributed by atoms with van der Waals surface area (Å²) < 4.78 is 0. The minimum absolute atomic E-state index is 0.126. The zero-order valence-corrected chi connectivity index (χ0v) is 13.1. The number of nitrogens with one attached hydrogen (secondary N) is 2. The van der Waals surface area contributed by atoms with Gasteiger partial charge < -0.3 is 16.4 Å². The Morgan fingerprint density at radius 1 is 1.22 bits per heavy atom. The van der Waals surface area contributed by atoms with Gasteiger partial charge in [-0.3, -0.25) is 14.6 Å². The van der Waals surface area contributed by atoms with E-state index in [0.717, 1.165) is 0 Å². The number of halogens is 1. The van der Waals surface area contributed by atoms with Crippen LogP contribution < -0.4 is 16.4 Å². The number of amides is 2. The number of carbonyl (C=O) groups excluding carboxylic acids is 2. The molecule has 0 aliphatic rings. The number of aromatic nitrogens is 1. The van der Waals surface area contributed by atoms with Crippen molar-refractivity contribution in [2.75, 3.05) is 17.2 Å². The maximum Gasteiger partial charge on any atom is 0.257 e. The highest BCUT2D eigenvalue weighted by Gasteiger charge is 2.10. The van der Waals surface area contributed by atoms with E-state index < -0.39 is 0 Å². The summed E-state index contributed by atoms with van der Waals surface area (Å²) in [5.41, 5.74) is 6.82. The molecular weight excluding hydrogens is 316 g/mol. The topological polar surface area (TPSA) is 97.1 Å². The molecule has 7 heteroatoms. The predicted octanol–water partition coefficient (Wildman–Crippen LogP) is 2.66. The number of carbonyl (C=O) groups is 2. The van der Waals surface area contributed by atoms with Gasteiger partial charge in [0.25, 0.3) is 5.91 Å². The normalized spacial score (nSPS) is 10.2. The Labute approximate surface area is 139 Å². The molecule has 6 nitrogen and oxygen atoms in total. The van der Waals surface area contributed by atoms with Crippen LogP contribution >= 0.6 is 11.6 Å². The number of rotatable bonds is 6. The van der Waals surface area contributed by atoms with E-state index in [1.807, 2.05) is 0 Å². The Morgan fingerprint density at radius 3 is 2.70 bits per heavy atom. The third-order valence-electron chi connectivity index (χ3n) is 3.03. The highest BCUT2D eigenvalue weighted by Crippen LogP contribution is 2.26. The molecular formula is C16H17ClN4O2. The molecule has 1 aromatic carbocycles. The first-order valence-corrected chi connectivity index (χ1v) is 7.49. The molecule has 0 spiro atoms. The molecule has 0 fully saturated rings. The zero-order chi connectivity index (χ0) is 16.7. The van der Waals surface area contributed by atoms with Gasteiger partial charge in [0, 0.05) is 24.5 Å². The fraction of sp³-hybridized carbons (Fsp3) is 0.188. The number of pyridine rings is 1. The summed E-state index contributed by atoms with van der Waals surface area (Å²) in [5, 5.41) is 5.76. The first-order valence-electron chi connectivity index (χ1n) is 7.11. The van der Waals surface area contributed by atoms with Gasteiger partial charge in [-0.2, -0.15) is 0 Å². The van der Waals surface area contributed by atoms with Gasteiger partial charge in [0.15, 0.2) is 0 Å². The minimum atomic E-state index is -0.306. The third-order valence-corrected chi connectivity index (χ3v) is 3.35. The molecule has 0 unspecified atom stereocenters. The molecule has 1 aromatic heterocycles. The SMILES string of the molecule is NCCCC(=O)Nc1ccc(NC(=O)c2cccnc2)c(Cl)c1. The Morgan fingerprint density at radius 2 is 2.04 bits per heavy atom. The fourth-order valence-corrected chi connectivity index (χ4v) is 2.10. The van der Waals surface area contributed by atoms with Gasteiger partial charge in [-0.1, -0.05) is 11.6 Å². The van der Waals surface area contributed by atoms with E-state index in [1.54, 1.807) is 36.5 Å². The molecule has 2 aromatic rings. The van der Waals surface area contributed by atoms with E-state index in [4.69, 9.17) is 17.3 Å². The van der Waals surface area contributed by atoms with Gasteiger partial charge in [0.05, 0.1) is 16.3 Å². The van der Waals surface area contributed by atoms with Crippen LogP contribution in [0.5, 0.6) is 0 Å². The summed E-state index contributed by atoms with van der Waals surface area (Å²) in [5.74, 6) is -0.432. The Bertz CT molecular complexity index is 692. The van der Waals surface area contributed by atoms with Crippen LogP contribution in [0.2, 0.25) is 5.02 Å². The first kappa shape index (κ1) is 16.9. The lowest BCUT2D eigenvalue weighted by atomic mass is 10.2. The van der Waals surface area contributed by atoms with Gasteiger partial charge >= 0.3 is 0 Å². The summed E-state index contributed by atoms with van der Waals surface area (Å²) in [6, 6.07) is 8.22.